The number of rotatable bonds is 4. The lowest BCUT2D eigenvalue weighted by Gasteiger charge is -2.17. The molecule has 3 aromatic heterocycles. The lowest BCUT2D eigenvalue weighted by molar-refractivity contribution is -0.116. The van der Waals surface area contributed by atoms with Gasteiger partial charge in [0, 0.05) is 23.9 Å². The van der Waals surface area contributed by atoms with Crippen LogP contribution in [0.4, 0.5) is 5.82 Å². The van der Waals surface area contributed by atoms with Crippen LogP contribution in [0.15, 0.2) is 23.1 Å². The van der Waals surface area contributed by atoms with E-state index in [1.807, 2.05) is 19.1 Å². The predicted molar refractivity (Wildman–Crippen MR) is 107 cm³/mol. The minimum Gasteiger partial charge on any atom is -0.310 e. The van der Waals surface area contributed by atoms with E-state index in [0.29, 0.717) is 24.0 Å². The van der Waals surface area contributed by atoms with Crippen molar-refractivity contribution in [1.82, 2.24) is 15.0 Å². The highest BCUT2D eigenvalue weighted by molar-refractivity contribution is 7.18. The van der Waals surface area contributed by atoms with Crippen LogP contribution in [-0.4, -0.2) is 20.9 Å². The lowest BCUT2D eigenvalue weighted by atomic mass is 9.89. The van der Waals surface area contributed by atoms with E-state index in [1.165, 1.54) is 10.4 Å². The maximum Gasteiger partial charge on any atom is 0.259 e. The fourth-order valence-corrected chi connectivity index (χ4v) is 4.96. The maximum absolute atomic E-state index is 12.6. The molecule has 0 fully saturated rings. The van der Waals surface area contributed by atoms with E-state index >= 15 is 0 Å². The number of aryl methyl sites for hydroxylation is 3. The molecule has 0 aromatic carbocycles. The summed E-state index contributed by atoms with van der Waals surface area (Å²) < 4.78 is 0. The number of nitrogens with one attached hydrogen (secondary N) is 2. The number of fused-ring (bicyclic) bond motifs is 3. The van der Waals surface area contributed by atoms with Crippen LogP contribution in [0.2, 0.25) is 0 Å². The summed E-state index contributed by atoms with van der Waals surface area (Å²) in [5.74, 6) is 1.65. The molecule has 0 saturated carbocycles. The Bertz CT molecular complexity index is 1070. The molecule has 3 heterocycles. The van der Waals surface area contributed by atoms with Crippen molar-refractivity contribution in [1.29, 1.82) is 0 Å². The molecule has 0 spiro atoms. The molecule has 140 valence electrons. The first-order valence-corrected chi connectivity index (χ1v) is 10.1. The van der Waals surface area contributed by atoms with Crippen LogP contribution in [0.5, 0.6) is 0 Å². The van der Waals surface area contributed by atoms with Gasteiger partial charge in [-0.2, -0.15) is 0 Å². The molecular weight excluding hydrogens is 360 g/mol. The lowest BCUT2D eigenvalue weighted by Crippen LogP contribution is -2.17. The number of aromatic nitrogens is 3. The van der Waals surface area contributed by atoms with E-state index in [4.69, 9.17) is 0 Å². The average molecular weight is 382 g/mol. The second kappa shape index (κ2) is 7.23. The Morgan fingerprint density at radius 1 is 1.44 bits per heavy atom. The maximum atomic E-state index is 12.6. The van der Waals surface area contributed by atoms with E-state index in [9.17, 15) is 9.59 Å². The molecule has 7 heteroatoms. The summed E-state index contributed by atoms with van der Waals surface area (Å²) in [5.41, 5.74) is 2.01. The van der Waals surface area contributed by atoms with Crippen LogP contribution in [0.1, 0.15) is 41.6 Å². The monoisotopic (exact) mass is 382 g/mol. The molecule has 1 atom stereocenters. The van der Waals surface area contributed by atoms with Crippen molar-refractivity contribution < 1.29 is 4.79 Å². The first-order chi connectivity index (χ1) is 13.0. The van der Waals surface area contributed by atoms with Gasteiger partial charge in [0.1, 0.15) is 16.5 Å². The number of thiophene rings is 1. The third kappa shape index (κ3) is 3.64. The minimum absolute atomic E-state index is 0.0805. The Labute approximate surface area is 161 Å². The van der Waals surface area contributed by atoms with E-state index in [2.05, 4.69) is 27.2 Å². The van der Waals surface area contributed by atoms with E-state index in [0.717, 1.165) is 35.0 Å². The summed E-state index contributed by atoms with van der Waals surface area (Å²) in [6, 6.07) is 3.73. The average Bonchev–Trinajstić information content (AvgIpc) is 2.99. The fraction of sp³-hybridized carbons (Fsp3) is 0.400. The normalized spacial score (nSPS) is 16.3. The molecule has 27 heavy (non-hydrogen) atoms. The van der Waals surface area contributed by atoms with Gasteiger partial charge in [0.15, 0.2) is 0 Å². The van der Waals surface area contributed by atoms with Crippen LogP contribution < -0.4 is 10.9 Å². The molecule has 1 aliphatic carbocycles. The minimum atomic E-state index is -0.140. The quantitative estimate of drug-likeness (QED) is 0.724. The number of hydrogen-bond acceptors (Lipinski definition) is 5. The Hall–Kier alpha value is -2.54. The number of carbonyl (C=O) groups is 1. The van der Waals surface area contributed by atoms with Crippen molar-refractivity contribution >= 4 is 33.3 Å². The van der Waals surface area contributed by atoms with Gasteiger partial charge in [-0.25, -0.2) is 9.97 Å². The number of hydrogen-bond donors (Lipinski definition) is 2. The number of carbonyl (C=O) groups excluding carboxylic acids is 1. The SMILES string of the molecule is Cc1cccnc1NC(=O)CCc1nc2sc3c(c2c(=O)[nH]1)CCC(C)C3. The predicted octanol–water partition coefficient (Wildman–Crippen LogP) is 3.38. The van der Waals surface area contributed by atoms with Gasteiger partial charge in [0.05, 0.1) is 5.39 Å². The molecular formula is C20H22N4O2S. The van der Waals surface area contributed by atoms with Crippen molar-refractivity contribution in [2.45, 2.75) is 46.0 Å². The van der Waals surface area contributed by atoms with Crippen molar-refractivity contribution in [3.63, 3.8) is 0 Å². The van der Waals surface area contributed by atoms with Gasteiger partial charge >= 0.3 is 0 Å². The number of aromatic amines is 1. The Balaban J connectivity index is 1.50. The molecule has 6 nitrogen and oxygen atoms in total. The first kappa shape index (κ1) is 17.9. The molecule has 4 rings (SSSR count). The third-order valence-corrected chi connectivity index (χ3v) is 6.22. The van der Waals surface area contributed by atoms with Gasteiger partial charge in [-0.05, 0) is 49.3 Å². The largest absolute Gasteiger partial charge is 0.310 e. The highest BCUT2D eigenvalue weighted by Gasteiger charge is 2.23. The van der Waals surface area contributed by atoms with Crippen molar-refractivity contribution in [3.8, 4) is 0 Å². The number of H-pyrrole nitrogens is 1. The van der Waals surface area contributed by atoms with Gasteiger partial charge in [0.25, 0.3) is 5.56 Å². The van der Waals surface area contributed by atoms with Gasteiger partial charge in [-0.1, -0.05) is 13.0 Å². The summed E-state index contributed by atoms with van der Waals surface area (Å²) in [7, 11) is 0. The second-order valence-corrected chi connectivity index (χ2v) is 8.35. The highest BCUT2D eigenvalue weighted by Crippen LogP contribution is 2.35. The van der Waals surface area contributed by atoms with Crippen molar-refractivity contribution in [3.05, 3.63) is 50.5 Å². The van der Waals surface area contributed by atoms with Crippen LogP contribution in [0, 0.1) is 12.8 Å². The summed E-state index contributed by atoms with van der Waals surface area (Å²) in [6.07, 6.45) is 5.37. The molecule has 0 bridgehead atoms. The van der Waals surface area contributed by atoms with Crippen LogP contribution >= 0.6 is 11.3 Å². The molecule has 3 aromatic rings. The standard InChI is InChI=1S/C20H22N4O2S/c1-11-5-6-13-14(10-11)27-20-17(13)19(26)22-15(23-20)7-8-16(25)24-18-12(2)4-3-9-21-18/h3-4,9,11H,5-8,10H2,1-2H3,(H,21,24,25)(H,22,23,26). The van der Waals surface area contributed by atoms with Crippen LogP contribution in [0.25, 0.3) is 10.2 Å². The van der Waals surface area contributed by atoms with E-state index in [1.54, 1.807) is 17.5 Å². The Kier molecular flexibility index (Phi) is 4.78. The number of nitrogens with zero attached hydrogens (tertiary/aromatic N) is 2. The Morgan fingerprint density at radius 3 is 3.11 bits per heavy atom. The molecule has 2 N–H and O–H groups in total. The topological polar surface area (TPSA) is 87.7 Å². The molecule has 1 amide bonds. The zero-order valence-electron chi connectivity index (χ0n) is 15.5. The zero-order valence-corrected chi connectivity index (χ0v) is 16.3. The molecule has 1 aliphatic rings. The Morgan fingerprint density at radius 2 is 2.30 bits per heavy atom. The highest BCUT2D eigenvalue weighted by atomic mass is 32.1. The second-order valence-electron chi connectivity index (χ2n) is 7.26. The third-order valence-electron chi connectivity index (χ3n) is 5.07. The summed E-state index contributed by atoms with van der Waals surface area (Å²) in [6.45, 7) is 4.15. The van der Waals surface area contributed by atoms with Gasteiger partial charge < -0.3 is 10.3 Å². The van der Waals surface area contributed by atoms with E-state index in [-0.39, 0.29) is 17.9 Å². The summed E-state index contributed by atoms with van der Waals surface area (Å²) in [5, 5.41) is 3.56. The number of anilines is 1. The smallest absolute Gasteiger partial charge is 0.259 e. The van der Waals surface area contributed by atoms with Gasteiger partial charge in [-0.3, -0.25) is 9.59 Å². The van der Waals surface area contributed by atoms with Crippen molar-refractivity contribution in [2.24, 2.45) is 5.92 Å². The van der Waals surface area contributed by atoms with Gasteiger partial charge in [-0.15, -0.1) is 11.3 Å². The van der Waals surface area contributed by atoms with Crippen LogP contribution in [-0.2, 0) is 24.1 Å². The fourth-order valence-electron chi connectivity index (χ4n) is 3.55. The molecule has 0 aliphatic heterocycles. The van der Waals surface area contributed by atoms with Gasteiger partial charge in [0.2, 0.25) is 5.91 Å². The van der Waals surface area contributed by atoms with Crippen molar-refractivity contribution in [2.75, 3.05) is 5.32 Å². The molecule has 0 radical (unpaired) electrons. The zero-order chi connectivity index (χ0) is 19.0. The van der Waals surface area contributed by atoms with Crippen LogP contribution in [0.3, 0.4) is 0 Å². The first-order valence-electron chi connectivity index (χ1n) is 9.26. The van der Waals surface area contributed by atoms with E-state index < -0.39 is 0 Å². The summed E-state index contributed by atoms with van der Waals surface area (Å²) in [4.78, 5) is 38.6. The number of amides is 1. The number of pyridine rings is 1. The molecule has 1 unspecified atom stereocenters. The summed E-state index contributed by atoms with van der Waals surface area (Å²) >= 11 is 1.63. The molecule has 0 saturated heterocycles.